The molecule has 7 heteroatoms. The molecule has 0 saturated heterocycles. The first kappa shape index (κ1) is 16.1. The van der Waals surface area contributed by atoms with Crippen LogP contribution in [0.15, 0.2) is 23.4 Å². The van der Waals surface area contributed by atoms with E-state index in [1.165, 1.54) is 25.7 Å². The van der Waals surface area contributed by atoms with E-state index in [1.807, 2.05) is 0 Å². The van der Waals surface area contributed by atoms with Gasteiger partial charge in [-0.2, -0.15) is 0 Å². The van der Waals surface area contributed by atoms with Gasteiger partial charge >= 0.3 is 0 Å². The molecule has 1 aliphatic carbocycles. The van der Waals surface area contributed by atoms with Gasteiger partial charge in [0.05, 0.1) is 11.3 Å². The highest BCUT2D eigenvalue weighted by molar-refractivity contribution is 7.99. The third-order valence-corrected chi connectivity index (χ3v) is 4.88. The summed E-state index contributed by atoms with van der Waals surface area (Å²) in [5.41, 5.74) is -0.111. The maximum Gasteiger partial charge on any atom is 0.208 e. The van der Waals surface area contributed by atoms with Gasteiger partial charge in [0.25, 0.3) is 0 Å². The van der Waals surface area contributed by atoms with Crippen molar-refractivity contribution in [2.24, 2.45) is 5.92 Å². The first-order chi connectivity index (χ1) is 11.1. The van der Waals surface area contributed by atoms with Crippen molar-refractivity contribution in [3.05, 3.63) is 41.2 Å². The second-order valence-corrected chi connectivity index (χ2v) is 6.70. The van der Waals surface area contributed by atoms with Crippen molar-refractivity contribution in [1.82, 2.24) is 15.2 Å². The molecule has 1 saturated carbocycles. The second kappa shape index (κ2) is 7.21. The van der Waals surface area contributed by atoms with Crippen LogP contribution in [0.3, 0.4) is 0 Å². The van der Waals surface area contributed by atoms with Gasteiger partial charge in [0, 0.05) is 12.5 Å². The number of nitrogens with one attached hydrogen (secondary N) is 1. The number of rotatable bonds is 6. The molecular formula is C16H17F2N3OS. The molecule has 23 heavy (non-hydrogen) atoms. The number of Topliss-reactive ketones (excluding diaryl/α,β-unsaturated/α-hetero) is 1. The summed E-state index contributed by atoms with van der Waals surface area (Å²) < 4.78 is 26.4. The fraction of sp³-hybridized carbons (Fsp3) is 0.438. The van der Waals surface area contributed by atoms with Gasteiger partial charge in [0.15, 0.2) is 5.78 Å². The number of thioether (sulfide) groups is 1. The Bertz CT molecular complexity index is 698. The molecule has 0 aliphatic heterocycles. The predicted molar refractivity (Wildman–Crippen MR) is 83.5 cm³/mol. The zero-order valence-corrected chi connectivity index (χ0v) is 13.3. The molecule has 1 aromatic heterocycles. The highest BCUT2D eigenvalue weighted by Gasteiger charge is 2.18. The Hall–Kier alpha value is -1.76. The Labute approximate surface area is 137 Å². The van der Waals surface area contributed by atoms with E-state index < -0.39 is 17.4 Å². The Balaban J connectivity index is 1.55. The number of carbonyl (C=O) groups is 1. The molecule has 1 aromatic carbocycles. The summed E-state index contributed by atoms with van der Waals surface area (Å²) in [7, 11) is 0. The van der Waals surface area contributed by atoms with Crippen LogP contribution < -0.4 is 0 Å². The lowest BCUT2D eigenvalue weighted by atomic mass is 10.0. The van der Waals surface area contributed by atoms with Crippen LogP contribution in [0.25, 0.3) is 0 Å². The molecular weight excluding hydrogens is 320 g/mol. The van der Waals surface area contributed by atoms with E-state index in [2.05, 4.69) is 15.2 Å². The molecule has 4 nitrogen and oxygen atoms in total. The SMILES string of the molecule is O=C(CSc1n[nH]c(CC2CCCC2)n1)c1ccc(F)cc1F. The molecule has 0 radical (unpaired) electrons. The molecule has 1 aliphatic rings. The van der Waals surface area contributed by atoms with E-state index in [0.29, 0.717) is 17.1 Å². The number of ketones is 1. The van der Waals surface area contributed by atoms with E-state index in [-0.39, 0.29) is 11.3 Å². The van der Waals surface area contributed by atoms with Gasteiger partial charge in [-0.1, -0.05) is 37.4 Å². The molecule has 0 atom stereocenters. The minimum atomic E-state index is -0.840. The van der Waals surface area contributed by atoms with Gasteiger partial charge in [-0.3, -0.25) is 9.89 Å². The number of aromatic amines is 1. The molecule has 1 N–H and O–H groups in total. The summed E-state index contributed by atoms with van der Waals surface area (Å²) in [5, 5.41) is 7.46. The third-order valence-electron chi connectivity index (χ3n) is 4.03. The Kier molecular flexibility index (Phi) is 5.05. The average molecular weight is 337 g/mol. The number of carbonyl (C=O) groups excluding carboxylic acids is 1. The van der Waals surface area contributed by atoms with Crippen LogP contribution >= 0.6 is 11.8 Å². The van der Waals surface area contributed by atoms with Crippen molar-refractivity contribution in [3.63, 3.8) is 0 Å². The fourth-order valence-electron chi connectivity index (χ4n) is 2.85. The standard InChI is InChI=1S/C16H17F2N3OS/c17-11-5-6-12(13(18)8-11)14(22)9-23-16-19-15(20-21-16)7-10-3-1-2-4-10/h5-6,8,10H,1-4,7,9H2,(H,19,20,21). The fourth-order valence-corrected chi connectivity index (χ4v) is 3.55. The normalized spacial score (nSPS) is 15.2. The van der Waals surface area contributed by atoms with Crippen LogP contribution in [0, 0.1) is 17.6 Å². The lowest BCUT2D eigenvalue weighted by molar-refractivity contribution is 0.101. The van der Waals surface area contributed by atoms with E-state index in [9.17, 15) is 13.6 Å². The Morgan fingerprint density at radius 1 is 1.30 bits per heavy atom. The molecule has 0 spiro atoms. The van der Waals surface area contributed by atoms with E-state index >= 15 is 0 Å². The van der Waals surface area contributed by atoms with E-state index in [4.69, 9.17) is 0 Å². The molecule has 0 unspecified atom stereocenters. The predicted octanol–water partition coefficient (Wildman–Crippen LogP) is 3.79. The number of hydrogen-bond donors (Lipinski definition) is 1. The van der Waals surface area contributed by atoms with Gasteiger partial charge < -0.3 is 0 Å². The third kappa shape index (κ3) is 4.16. The monoisotopic (exact) mass is 337 g/mol. The van der Waals surface area contributed by atoms with E-state index in [1.54, 1.807) is 0 Å². The molecule has 3 rings (SSSR count). The number of benzene rings is 1. The quantitative estimate of drug-likeness (QED) is 0.643. The Morgan fingerprint density at radius 3 is 2.83 bits per heavy atom. The molecule has 0 bridgehead atoms. The molecule has 122 valence electrons. The summed E-state index contributed by atoms with van der Waals surface area (Å²) >= 11 is 1.15. The highest BCUT2D eigenvalue weighted by atomic mass is 32.2. The summed E-state index contributed by atoms with van der Waals surface area (Å²) in [6.45, 7) is 0. The Morgan fingerprint density at radius 2 is 2.09 bits per heavy atom. The lowest BCUT2D eigenvalue weighted by Gasteiger charge is -2.04. The van der Waals surface area contributed by atoms with Crippen LogP contribution in [0.2, 0.25) is 0 Å². The topological polar surface area (TPSA) is 58.6 Å². The van der Waals surface area contributed by atoms with Crippen LogP contribution in [-0.2, 0) is 6.42 Å². The molecule has 2 aromatic rings. The molecule has 1 heterocycles. The largest absolute Gasteiger partial charge is 0.293 e. The van der Waals surface area contributed by atoms with Crippen LogP contribution in [0.1, 0.15) is 41.9 Å². The minimum Gasteiger partial charge on any atom is -0.293 e. The zero-order chi connectivity index (χ0) is 16.2. The van der Waals surface area contributed by atoms with Crippen molar-refractivity contribution < 1.29 is 13.6 Å². The van der Waals surface area contributed by atoms with Crippen molar-refractivity contribution in [2.45, 2.75) is 37.3 Å². The van der Waals surface area contributed by atoms with Crippen molar-refractivity contribution in [3.8, 4) is 0 Å². The smallest absolute Gasteiger partial charge is 0.208 e. The van der Waals surface area contributed by atoms with Gasteiger partial charge in [-0.25, -0.2) is 13.8 Å². The van der Waals surface area contributed by atoms with Gasteiger partial charge in [-0.15, -0.1) is 5.10 Å². The molecule has 1 fully saturated rings. The minimum absolute atomic E-state index is 0.0171. The summed E-state index contributed by atoms with van der Waals surface area (Å²) in [6.07, 6.45) is 5.89. The average Bonchev–Trinajstić information content (AvgIpc) is 3.17. The second-order valence-electron chi connectivity index (χ2n) is 5.76. The van der Waals surface area contributed by atoms with Crippen molar-refractivity contribution in [1.29, 1.82) is 0 Å². The van der Waals surface area contributed by atoms with Gasteiger partial charge in [0.2, 0.25) is 5.16 Å². The van der Waals surface area contributed by atoms with Crippen LogP contribution in [0.5, 0.6) is 0 Å². The van der Waals surface area contributed by atoms with Crippen LogP contribution in [0.4, 0.5) is 8.78 Å². The first-order valence-electron chi connectivity index (χ1n) is 7.64. The lowest BCUT2D eigenvalue weighted by Crippen LogP contribution is -2.06. The van der Waals surface area contributed by atoms with E-state index in [0.717, 1.165) is 36.1 Å². The van der Waals surface area contributed by atoms with Gasteiger partial charge in [0.1, 0.15) is 17.5 Å². The number of H-pyrrole nitrogens is 1. The van der Waals surface area contributed by atoms with Gasteiger partial charge in [-0.05, 0) is 18.1 Å². The number of nitrogens with zero attached hydrogens (tertiary/aromatic N) is 2. The first-order valence-corrected chi connectivity index (χ1v) is 8.62. The van der Waals surface area contributed by atoms with Crippen molar-refractivity contribution in [2.75, 3.05) is 5.75 Å². The number of halogens is 2. The summed E-state index contributed by atoms with van der Waals surface area (Å²) in [6, 6.07) is 2.95. The zero-order valence-electron chi connectivity index (χ0n) is 12.5. The number of aromatic nitrogens is 3. The van der Waals surface area contributed by atoms with Crippen LogP contribution in [-0.4, -0.2) is 26.7 Å². The maximum atomic E-state index is 13.6. The summed E-state index contributed by atoms with van der Waals surface area (Å²) in [4.78, 5) is 16.4. The molecule has 0 amide bonds. The maximum absolute atomic E-state index is 13.6. The highest BCUT2D eigenvalue weighted by Crippen LogP contribution is 2.27. The summed E-state index contributed by atoms with van der Waals surface area (Å²) in [5.74, 6) is -0.432. The number of hydrogen-bond acceptors (Lipinski definition) is 4. The van der Waals surface area contributed by atoms with Crippen molar-refractivity contribution >= 4 is 17.5 Å².